The van der Waals surface area contributed by atoms with Crippen molar-refractivity contribution in [3.8, 4) is 0 Å². The van der Waals surface area contributed by atoms with Gasteiger partial charge in [-0.3, -0.25) is 0 Å². The topological polar surface area (TPSA) is 24.9 Å². The maximum absolute atomic E-state index is 4.75. The SMILES string of the molecule is C[C@@H](NCc1nc(C(C)(C)C)cs1)C1CCCCC1. The van der Waals surface area contributed by atoms with Gasteiger partial charge in [-0.15, -0.1) is 11.3 Å². The molecule has 1 aromatic rings. The van der Waals surface area contributed by atoms with Crippen LogP contribution in [0.15, 0.2) is 5.38 Å². The van der Waals surface area contributed by atoms with Crippen molar-refractivity contribution in [2.75, 3.05) is 0 Å². The Balaban J connectivity index is 1.83. The molecule has 3 heteroatoms. The fourth-order valence-corrected chi connectivity index (χ4v) is 3.76. The van der Waals surface area contributed by atoms with Crippen LogP contribution < -0.4 is 5.32 Å². The molecule has 1 aliphatic carbocycles. The molecule has 0 unspecified atom stereocenters. The lowest BCUT2D eigenvalue weighted by Gasteiger charge is -2.28. The van der Waals surface area contributed by atoms with E-state index in [2.05, 4.69) is 38.4 Å². The van der Waals surface area contributed by atoms with Crippen molar-refractivity contribution in [3.05, 3.63) is 16.1 Å². The summed E-state index contributed by atoms with van der Waals surface area (Å²) in [6.07, 6.45) is 7.08. The molecule has 0 aliphatic heterocycles. The maximum Gasteiger partial charge on any atom is 0.107 e. The van der Waals surface area contributed by atoms with E-state index in [-0.39, 0.29) is 5.41 Å². The van der Waals surface area contributed by atoms with Crippen LogP contribution in [0.1, 0.15) is 70.5 Å². The van der Waals surface area contributed by atoms with Crippen molar-refractivity contribution in [1.29, 1.82) is 0 Å². The van der Waals surface area contributed by atoms with Crippen molar-refractivity contribution in [3.63, 3.8) is 0 Å². The van der Waals surface area contributed by atoms with E-state index in [0.29, 0.717) is 6.04 Å². The van der Waals surface area contributed by atoms with Gasteiger partial charge in [0.2, 0.25) is 0 Å². The largest absolute Gasteiger partial charge is 0.308 e. The molecular formula is C16H28N2S. The molecule has 0 bridgehead atoms. The third kappa shape index (κ3) is 4.28. The average Bonchev–Trinajstić information content (AvgIpc) is 2.86. The zero-order chi connectivity index (χ0) is 13.9. The van der Waals surface area contributed by atoms with Gasteiger partial charge in [-0.1, -0.05) is 40.0 Å². The summed E-state index contributed by atoms with van der Waals surface area (Å²) in [5, 5.41) is 7.12. The van der Waals surface area contributed by atoms with E-state index in [1.54, 1.807) is 11.3 Å². The van der Waals surface area contributed by atoms with Crippen LogP contribution in [0, 0.1) is 5.92 Å². The summed E-state index contributed by atoms with van der Waals surface area (Å²) in [7, 11) is 0. The van der Waals surface area contributed by atoms with Crippen LogP contribution in [0.3, 0.4) is 0 Å². The van der Waals surface area contributed by atoms with Gasteiger partial charge in [-0.25, -0.2) is 4.98 Å². The van der Waals surface area contributed by atoms with Gasteiger partial charge >= 0.3 is 0 Å². The van der Waals surface area contributed by atoms with Crippen LogP contribution in [0.5, 0.6) is 0 Å². The molecule has 0 spiro atoms. The molecule has 2 rings (SSSR count). The molecule has 1 aliphatic rings. The van der Waals surface area contributed by atoms with Gasteiger partial charge in [0.25, 0.3) is 0 Å². The summed E-state index contributed by atoms with van der Waals surface area (Å²) in [4.78, 5) is 4.75. The Morgan fingerprint density at radius 1 is 1.32 bits per heavy atom. The van der Waals surface area contributed by atoms with Gasteiger partial charge in [0, 0.05) is 23.4 Å². The second kappa shape index (κ2) is 6.36. The fraction of sp³-hybridized carbons (Fsp3) is 0.812. The predicted octanol–water partition coefficient (Wildman–Crippen LogP) is 4.50. The Labute approximate surface area is 122 Å². The first-order valence-electron chi connectivity index (χ1n) is 7.65. The third-order valence-electron chi connectivity index (χ3n) is 4.25. The second-order valence-electron chi connectivity index (χ2n) is 6.94. The molecule has 0 radical (unpaired) electrons. The summed E-state index contributed by atoms with van der Waals surface area (Å²) in [6.45, 7) is 9.95. The Morgan fingerprint density at radius 3 is 2.58 bits per heavy atom. The number of hydrogen-bond donors (Lipinski definition) is 1. The van der Waals surface area contributed by atoms with E-state index in [1.807, 2.05) is 0 Å². The first-order chi connectivity index (χ1) is 8.97. The third-order valence-corrected chi connectivity index (χ3v) is 5.10. The predicted molar refractivity (Wildman–Crippen MR) is 83.7 cm³/mol. The van der Waals surface area contributed by atoms with Crippen molar-refractivity contribution in [2.24, 2.45) is 5.92 Å². The van der Waals surface area contributed by atoms with Gasteiger partial charge in [0.15, 0.2) is 0 Å². The van der Waals surface area contributed by atoms with Gasteiger partial charge < -0.3 is 5.32 Å². The molecule has 19 heavy (non-hydrogen) atoms. The fourth-order valence-electron chi connectivity index (χ4n) is 2.79. The summed E-state index contributed by atoms with van der Waals surface area (Å²) in [5.41, 5.74) is 1.39. The standard InChI is InChI=1S/C16H28N2S/c1-12(13-8-6-5-7-9-13)17-10-15-18-14(11-19-15)16(2,3)4/h11-13,17H,5-10H2,1-4H3/t12-/m1/s1. The smallest absolute Gasteiger partial charge is 0.107 e. The molecular weight excluding hydrogens is 252 g/mol. The molecule has 0 amide bonds. The van der Waals surface area contributed by atoms with Crippen LogP contribution in [-0.2, 0) is 12.0 Å². The highest BCUT2D eigenvalue weighted by Crippen LogP contribution is 2.27. The summed E-state index contributed by atoms with van der Waals surface area (Å²) < 4.78 is 0. The number of thiazole rings is 1. The summed E-state index contributed by atoms with van der Waals surface area (Å²) in [5.74, 6) is 0.871. The highest BCUT2D eigenvalue weighted by atomic mass is 32.1. The molecule has 0 saturated heterocycles. The lowest BCUT2D eigenvalue weighted by molar-refractivity contribution is 0.280. The normalized spacial score (nSPS) is 19.6. The second-order valence-corrected chi connectivity index (χ2v) is 7.89. The molecule has 1 atom stereocenters. The van der Waals surface area contributed by atoms with Gasteiger partial charge in [-0.05, 0) is 25.7 Å². The van der Waals surface area contributed by atoms with Gasteiger partial charge in [-0.2, -0.15) is 0 Å². The Morgan fingerprint density at radius 2 is 2.00 bits per heavy atom. The van der Waals surface area contributed by atoms with E-state index in [4.69, 9.17) is 4.98 Å². The number of aromatic nitrogens is 1. The summed E-state index contributed by atoms with van der Waals surface area (Å²) >= 11 is 1.79. The minimum atomic E-state index is 0.170. The zero-order valence-electron chi connectivity index (χ0n) is 12.8. The molecule has 2 nitrogen and oxygen atoms in total. The van der Waals surface area contributed by atoms with Crippen LogP contribution >= 0.6 is 11.3 Å². The molecule has 1 fully saturated rings. The molecule has 1 heterocycles. The Bertz CT molecular complexity index is 386. The average molecular weight is 280 g/mol. The van der Waals surface area contributed by atoms with Crippen LogP contribution in [0.4, 0.5) is 0 Å². The molecule has 0 aromatic carbocycles. The minimum absolute atomic E-state index is 0.170. The Hall–Kier alpha value is -0.410. The number of nitrogens with one attached hydrogen (secondary N) is 1. The monoisotopic (exact) mass is 280 g/mol. The highest BCUT2D eigenvalue weighted by Gasteiger charge is 2.21. The highest BCUT2D eigenvalue weighted by molar-refractivity contribution is 7.09. The number of hydrogen-bond acceptors (Lipinski definition) is 3. The maximum atomic E-state index is 4.75. The van der Waals surface area contributed by atoms with Crippen molar-refractivity contribution in [2.45, 2.75) is 77.8 Å². The van der Waals surface area contributed by atoms with Crippen molar-refractivity contribution >= 4 is 11.3 Å². The first-order valence-corrected chi connectivity index (χ1v) is 8.53. The molecule has 1 saturated carbocycles. The van der Waals surface area contributed by atoms with Crippen LogP contribution in [0.25, 0.3) is 0 Å². The Kier molecular flexibility index (Phi) is 5.02. The van der Waals surface area contributed by atoms with Gasteiger partial charge in [0.05, 0.1) is 5.69 Å². The van der Waals surface area contributed by atoms with E-state index >= 15 is 0 Å². The molecule has 1 N–H and O–H groups in total. The quantitative estimate of drug-likeness (QED) is 0.878. The zero-order valence-corrected chi connectivity index (χ0v) is 13.6. The molecule has 108 valence electrons. The minimum Gasteiger partial charge on any atom is -0.308 e. The number of nitrogens with zero attached hydrogens (tertiary/aromatic N) is 1. The van der Waals surface area contributed by atoms with Crippen molar-refractivity contribution in [1.82, 2.24) is 10.3 Å². The van der Waals surface area contributed by atoms with Crippen LogP contribution in [0.2, 0.25) is 0 Å². The van der Waals surface area contributed by atoms with E-state index in [9.17, 15) is 0 Å². The number of rotatable bonds is 4. The van der Waals surface area contributed by atoms with Gasteiger partial charge in [0.1, 0.15) is 5.01 Å². The van der Waals surface area contributed by atoms with E-state index in [1.165, 1.54) is 42.8 Å². The molecule has 1 aromatic heterocycles. The first kappa shape index (κ1) is 15.0. The van der Waals surface area contributed by atoms with Crippen LogP contribution in [-0.4, -0.2) is 11.0 Å². The van der Waals surface area contributed by atoms with E-state index < -0.39 is 0 Å². The lowest BCUT2D eigenvalue weighted by atomic mass is 9.84. The van der Waals surface area contributed by atoms with E-state index in [0.717, 1.165) is 12.5 Å². The van der Waals surface area contributed by atoms with Crippen molar-refractivity contribution < 1.29 is 0 Å². The lowest BCUT2D eigenvalue weighted by Crippen LogP contribution is -2.34. The summed E-state index contributed by atoms with van der Waals surface area (Å²) in [6, 6.07) is 0.627.